The van der Waals surface area contributed by atoms with Crippen molar-refractivity contribution in [3.63, 3.8) is 0 Å². The number of amides is 1. The third-order valence-electron chi connectivity index (χ3n) is 5.55. The molecule has 0 spiro atoms. The predicted octanol–water partition coefficient (Wildman–Crippen LogP) is 6.40. The molecular weight excluding hydrogens is 530 g/mol. The highest BCUT2D eigenvalue weighted by Crippen LogP contribution is 2.50. The van der Waals surface area contributed by atoms with Crippen LogP contribution in [0.1, 0.15) is 29.5 Å². The lowest BCUT2D eigenvalue weighted by Gasteiger charge is -2.30. The Balaban J connectivity index is 1.62. The lowest BCUT2D eigenvalue weighted by atomic mass is 9.85. The minimum Gasteiger partial charge on any atom is -0.374 e. The molecule has 0 saturated heterocycles. The molecule has 2 aromatic carbocycles. The van der Waals surface area contributed by atoms with Crippen LogP contribution < -0.4 is 10.9 Å². The van der Waals surface area contributed by atoms with Crippen LogP contribution in [0, 0.1) is 5.92 Å². The first-order valence-corrected chi connectivity index (χ1v) is 10.7. The summed E-state index contributed by atoms with van der Waals surface area (Å²) in [6.07, 6.45) is -12.2. The number of halogens is 9. The van der Waals surface area contributed by atoms with Crippen LogP contribution in [0.3, 0.4) is 0 Å². The summed E-state index contributed by atoms with van der Waals surface area (Å²) in [5.74, 6) is -1.43. The second-order valence-corrected chi connectivity index (χ2v) is 8.87. The van der Waals surface area contributed by atoms with Crippen LogP contribution in [0.2, 0.25) is 10.0 Å². The Hall–Kier alpha value is -2.73. The molecule has 2 aromatic rings. The normalized spacial score (nSPS) is 24.0. The third kappa shape index (κ3) is 4.99. The molecule has 0 unspecified atom stereocenters. The van der Waals surface area contributed by atoms with Gasteiger partial charge in [-0.25, -0.2) is 4.39 Å². The van der Waals surface area contributed by atoms with Crippen molar-refractivity contribution in [3.05, 3.63) is 63.1 Å². The average Bonchev–Trinajstić information content (AvgIpc) is 3.30. The topological polar surface area (TPSA) is 62.7 Å². The van der Waals surface area contributed by atoms with Crippen LogP contribution in [0.15, 0.2) is 41.6 Å². The summed E-state index contributed by atoms with van der Waals surface area (Å²) in [5, 5.41) is 3.02. The molecule has 35 heavy (non-hydrogen) atoms. The van der Waals surface area contributed by atoms with Crippen LogP contribution >= 0.6 is 23.2 Å². The van der Waals surface area contributed by atoms with Gasteiger partial charge in [0.1, 0.15) is 6.17 Å². The van der Waals surface area contributed by atoms with E-state index in [0.29, 0.717) is 12.1 Å². The molecule has 0 aromatic heterocycles. The quantitative estimate of drug-likeness (QED) is 0.339. The molecule has 1 saturated carbocycles. The molecule has 14 heteroatoms. The molecule has 5 nitrogen and oxygen atoms in total. The van der Waals surface area contributed by atoms with E-state index in [-0.39, 0.29) is 28.4 Å². The van der Waals surface area contributed by atoms with E-state index in [0.717, 1.165) is 6.07 Å². The maximum Gasteiger partial charge on any atom is 0.435 e. The van der Waals surface area contributed by atoms with E-state index < -0.39 is 58.5 Å². The van der Waals surface area contributed by atoms with Crippen molar-refractivity contribution in [1.29, 1.82) is 0 Å². The van der Waals surface area contributed by atoms with Gasteiger partial charge in [-0.05, 0) is 36.8 Å². The molecule has 2 N–H and O–H groups in total. The van der Waals surface area contributed by atoms with Gasteiger partial charge < -0.3 is 4.84 Å². The first-order valence-electron chi connectivity index (χ1n) is 9.91. The molecule has 1 amide bonds. The van der Waals surface area contributed by atoms with E-state index in [4.69, 9.17) is 28.0 Å². The summed E-state index contributed by atoms with van der Waals surface area (Å²) in [4.78, 5) is 16.6. The van der Waals surface area contributed by atoms with Gasteiger partial charge in [0.2, 0.25) is 5.91 Å². The second-order valence-electron chi connectivity index (χ2n) is 8.02. The number of hydrogen-bond acceptors (Lipinski definition) is 4. The molecule has 188 valence electrons. The number of carbonyl (C=O) groups excluding carboxylic acids is 1. The molecule has 0 radical (unpaired) electrons. The molecule has 0 bridgehead atoms. The number of oxime groups is 1. The Morgan fingerprint density at radius 2 is 1.77 bits per heavy atom. The summed E-state index contributed by atoms with van der Waals surface area (Å²) >= 11 is 11.7. The number of benzene rings is 2. The molecule has 3 atom stereocenters. The summed E-state index contributed by atoms with van der Waals surface area (Å²) in [7, 11) is 0. The van der Waals surface area contributed by atoms with Crippen LogP contribution in [-0.2, 0) is 21.4 Å². The van der Waals surface area contributed by atoms with Gasteiger partial charge in [-0.3, -0.25) is 15.6 Å². The van der Waals surface area contributed by atoms with Crippen LogP contribution in [0.5, 0.6) is 0 Å². The number of nitrogens with zero attached hydrogens (tertiary/aromatic N) is 1. The fourth-order valence-corrected chi connectivity index (χ4v) is 3.90. The molecule has 2 aliphatic rings. The zero-order chi connectivity index (χ0) is 25.8. The molecule has 4 rings (SSSR count). The Bertz CT molecular complexity index is 1200. The van der Waals surface area contributed by atoms with Crippen molar-refractivity contribution in [2.24, 2.45) is 11.1 Å². The summed E-state index contributed by atoms with van der Waals surface area (Å²) < 4.78 is 95.2. The van der Waals surface area contributed by atoms with Gasteiger partial charge in [-0.15, -0.1) is 0 Å². The van der Waals surface area contributed by atoms with Crippen LogP contribution in [-0.4, -0.2) is 24.0 Å². The van der Waals surface area contributed by atoms with E-state index in [1.165, 1.54) is 18.2 Å². The largest absolute Gasteiger partial charge is 0.435 e. The Kier molecular flexibility index (Phi) is 6.33. The first-order chi connectivity index (χ1) is 16.2. The van der Waals surface area contributed by atoms with Gasteiger partial charge in [-0.1, -0.05) is 34.4 Å². The molecule has 1 aliphatic carbocycles. The number of alkyl halides is 7. The second kappa shape index (κ2) is 8.74. The molecule has 1 heterocycles. The fourth-order valence-electron chi connectivity index (χ4n) is 3.50. The summed E-state index contributed by atoms with van der Waals surface area (Å²) in [5.41, 5.74) is -0.818. The standard InChI is InChI=1S/C21H14Cl2F7N3O2/c22-12-5-10(4-11(6-12)20(25,26)27)19(21(28,29)30)8-17(33-35-19)9-1-2-14(23)16(3-9)31-32-18(34)13-7-15(13)24/h1-6,13,15,31H,7-8H2,(H,32,34)/t13-,15+,19-/m0/s1. The van der Waals surface area contributed by atoms with Crippen molar-refractivity contribution in [1.82, 2.24) is 5.43 Å². The number of hydrogen-bond donors (Lipinski definition) is 2. The fraction of sp³-hybridized carbons (Fsp3) is 0.333. The molecule has 1 aliphatic heterocycles. The average molecular weight is 544 g/mol. The maximum atomic E-state index is 14.2. The third-order valence-corrected chi connectivity index (χ3v) is 6.09. The highest BCUT2D eigenvalue weighted by molar-refractivity contribution is 6.33. The van der Waals surface area contributed by atoms with E-state index in [2.05, 4.69) is 16.0 Å². The van der Waals surface area contributed by atoms with Gasteiger partial charge in [0.25, 0.3) is 5.60 Å². The predicted molar refractivity (Wildman–Crippen MR) is 113 cm³/mol. The van der Waals surface area contributed by atoms with E-state index >= 15 is 0 Å². The van der Waals surface area contributed by atoms with Gasteiger partial charge in [0.15, 0.2) is 0 Å². The Labute approximate surface area is 203 Å². The van der Waals surface area contributed by atoms with Gasteiger partial charge >= 0.3 is 12.4 Å². The summed E-state index contributed by atoms with van der Waals surface area (Å²) in [6.45, 7) is 0. The lowest BCUT2D eigenvalue weighted by molar-refractivity contribution is -0.276. The van der Waals surface area contributed by atoms with Crippen LogP contribution in [0.4, 0.5) is 36.4 Å². The minimum atomic E-state index is -5.17. The van der Waals surface area contributed by atoms with E-state index in [1.54, 1.807) is 0 Å². The number of hydrazine groups is 1. The molecular formula is C21H14Cl2F7N3O2. The SMILES string of the molecule is O=C(NNc1cc(C2=NO[C@@](c3cc(Cl)cc(C(F)(F)F)c3)(C(F)(F)F)C2)ccc1Cl)[C@H]1C[C@H]1F. The maximum absolute atomic E-state index is 14.2. The first kappa shape index (κ1) is 25.4. The highest BCUT2D eigenvalue weighted by atomic mass is 35.5. The number of carbonyl (C=O) groups is 1. The van der Waals surface area contributed by atoms with Gasteiger partial charge in [-0.2, -0.15) is 26.3 Å². The zero-order valence-electron chi connectivity index (χ0n) is 17.2. The van der Waals surface area contributed by atoms with E-state index in [9.17, 15) is 35.5 Å². The Morgan fingerprint density at radius 1 is 1.09 bits per heavy atom. The Morgan fingerprint density at radius 3 is 2.37 bits per heavy atom. The highest BCUT2D eigenvalue weighted by Gasteiger charge is 2.62. The monoisotopic (exact) mass is 543 g/mol. The van der Waals surface area contributed by atoms with Crippen molar-refractivity contribution in [2.75, 3.05) is 5.43 Å². The summed E-state index contributed by atoms with van der Waals surface area (Å²) in [6, 6.07) is 5.45. The smallest absolute Gasteiger partial charge is 0.374 e. The van der Waals surface area contributed by atoms with Crippen LogP contribution in [0.25, 0.3) is 0 Å². The lowest BCUT2D eigenvalue weighted by Crippen LogP contribution is -2.43. The minimum absolute atomic E-state index is 0.0721. The number of anilines is 1. The van der Waals surface area contributed by atoms with Crippen molar-refractivity contribution >= 4 is 40.5 Å². The number of rotatable bonds is 5. The zero-order valence-corrected chi connectivity index (χ0v) is 18.7. The van der Waals surface area contributed by atoms with E-state index in [1.807, 2.05) is 0 Å². The number of nitrogens with one attached hydrogen (secondary N) is 2. The van der Waals surface area contributed by atoms with Crippen molar-refractivity contribution in [2.45, 2.75) is 37.0 Å². The van der Waals surface area contributed by atoms with Crippen molar-refractivity contribution < 1.29 is 40.4 Å². The van der Waals surface area contributed by atoms with Gasteiger partial charge in [0.05, 0.1) is 27.9 Å². The molecule has 1 fully saturated rings. The van der Waals surface area contributed by atoms with Crippen molar-refractivity contribution in [3.8, 4) is 0 Å². The van der Waals surface area contributed by atoms with Gasteiger partial charge in [0, 0.05) is 22.6 Å².